The molecule has 1 aromatic heterocycles. The minimum atomic E-state index is -1.23. The summed E-state index contributed by atoms with van der Waals surface area (Å²) in [5.74, 6) is -0.889. The van der Waals surface area contributed by atoms with Crippen LogP contribution in [0.15, 0.2) is 22.7 Å². The van der Waals surface area contributed by atoms with Crippen LogP contribution in [0.2, 0.25) is 5.02 Å². The van der Waals surface area contributed by atoms with Crippen LogP contribution >= 0.6 is 27.5 Å². The Hall–Kier alpha value is -1.60. The molecule has 0 spiro atoms. The summed E-state index contributed by atoms with van der Waals surface area (Å²) in [6.45, 7) is 0. The number of nitrogens with zero attached hydrogens (tertiary/aromatic N) is 2. The van der Waals surface area contributed by atoms with Gasteiger partial charge in [-0.25, -0.2) is 9.89 Å². The smallest absolute Gasteiger partial charge is 0.362 e. The van der Waals surface area contributed by atoms with Gasteiger partial charge in [0.25, 0.3) is 5.88 Å². The van der Waals surface area contributed by atoms with E-state index in [2.05, 4.69) is 31.3 Å². The molecule has 0 fully saturated rings. The lowest BCUT2D eigenvalue weighted by atomic mass is 10.3. The Morgan fingerprint density at radius 3 is 2.94 bits per heavy atom. The van der Waals surface area contributed by atoms with E-state index in [1.54, 1.807) is 12.1 Å². The predicted molar refractivity (Wildman–Crippen MR) is 62.6 cm³/mol. The first-order chi connectivity index (χ1) is 8.08. The number of aromatic carboxylic acids is 1. The van der Waals surface area contributed by atoms with Crippen molar-refractivity contribution >= 4 is 33.5 Å². The fraction of sp³-hybridized carbons (Fsp3) is 0. The quantitative estimate of drug-likeness (QED) is 0.908. The van der Waals surface area contributed by atoms with Gasteiger partial charge in [-0.3, -0.25) is 0 Å². The van der Waals surface area contributed by atoms with E-state index >= 15 is 0 Å². The van der Waals surface area contributed by atoms with Crippen LogP contribution in [-0.4, -0.2) is 26.5 Å². The van der Waals surface area contributed by atoms with E-state index in [1.165, 1.54) is 6.07 Å². The van der Waals surface area contributed by atoms with Crippen LogP contribution in [0.4, 0.5) is 0 Å². The van der Waals surface area contributed by atoms with Gasteiger partial charge in [-0.05, 0) is 28.1 Å². The van der Waals surface area contributed by atoms with Crippen molar-refractivity contribution in [3.05, 3.63) is 33.4 Å². The number of hydrogen-bond donors (Lipinski definition) is 2. The molecule has 0 aliphatic rings. The fourth-order valence-corrected chi connectivity index (χ4v) is 1.51. The molecule has 0 saturated carbocycles. The van der Waals surface area contributed by atoms with Crippen molar-refractivity contribution in [3.8, 4) is 11.6 Å². The van der Waals surface area contributed by atoms with Gasteiger partial charge in [-0.1, -0.05) is 16.8 Å². The van der Waals surface area contributed by atoms with Crippen LogP contribution in [0, 0.1) is 0 Å². The summed E-state index contributed by atoms with van der Waals surface area (Å²) in [4.78, 5) is 10.8. The second-order valence-electron chi connectivity index (χ2n) is 2.97. The lowest BCUT2D eigenvalue weighted by Gasteiger charge is -2.04. The van der Waals surface area contributed by atoms with Gasteiger partial charge in [-0.2, -0.15) is 0 Å². The summed E-state index contributed by atoms with van der Waals surface area (Å²) in [5, 5.41) is 18.3. The third-order valence-electron chi connectivity index (χ3n) is 1.83. The number of carboxylic acid groups (broad SMARTS) is 1. The molecule has 0 aliphatic heterocycles. The molecular formula is C9H5BrClN3O3. The molecule has 88 valence electrons. The monoisotopic (exact) mass is 317 g/mol. The average molecular weight is 319 g/mol. The number of nitrogens with one attached hydrogen (secondary N) is 1. The second kappa shape index (κ2) is 4.72. The first kappa shape index (κ1) is 11.9. The van der Waals surface area contributed by atoms with Crippen molar-refractivity contribution in [1.82, 2.24) is 15.4 Å². The Morgan fingerprint density at radius 1 is 1.53 bits per heavy atom. The van der Waals surface area contributed by atoms with Crippen LogP contribution in [0.3, 0.4) is 0 Å². The van der Waals surface area contributed by atoms with Gasteiger partial charge in [0.1, 0.15) is 5.75 Å². The lowest BCUT2D eigenvalue weighted by Crippen LogP contribution is -1.99. The highest BCUT2D eigenvalue weighted by molar-refractivity contribution is 9.10. The van der Waals surface area contributed by atoms with Gasteiger partial charge in [0.2, 0.25) is 5.69 Å². The highest BCUT2D eigenvalue weighted by Crippen LogP contribution is 2.29. The number of benzene rings is 1. The van der Waals surface area contributed by atoms with Gasteiger partial charge in [0, 0.05) is 10.5 Å². The van der Waals surface area contributed by atoms with Gasteiger partial charge in [0.15, 0.2) is 0 Å². The number of aromatic amines is 1. The van der Waals surface area contributed by atoms with E-state index in [9.17, 15) is 4.79 Å². The molecule has 2 aromatic rings. The van der Waals surface area contributed by atoms with E-state index in [4.69, 9.17) is 21.4 Å². The summed E-state index contributed by atoms with van der Waals surface area (Å²) in [6, 6.07) is 4.85. The van der Waals surface area contributed by atoms with Gasteiger partial charge >= 0.3 is 5.97 Å². The van der Waals surface area contributed by atoms with Crippen molar-refractivity contribution < 1.29 is 14.6 Å². The van der Waals surface area contributed by atoms with Crippen molar-refractivity contribution in [2.24, 2.45) is 0 Å². The van der Waals surface area contributed by atoms with Crippen LogP contribution < -0.4 is 4.74 Å². The molecule has 0 aliphatic carbocycles. The fourth-order valence-electron chi connectivity index (χ4n) is 1.09. The topological polar surface area (TPSA) is 88.1 Å². The largest absolute Gasteiger partial charge is 0.476 e. The Bertz CT molecular complexity index is 572. The third kappa shape index (κ3) is 2.56. The molecule has 1 heterocycles. The summed E-state index contributed by atoms with van der Waals surface area (Å²) in [6.07, 6.45) is 0. The normalized spacial score (nSPS) is 10.2. The highest BCUT2D eigenvalue weighted by Gasteiger charge is 2.16. The van der Waals surface area contributed by atoms with Gasteiger partial charge in [-0.15, -0.1) is 5.10 Å². The number of ether oxygens (including phenoxy) is 1. The number of carboxylic acids is 1. The first-order valence-corrected chi connectivity index (χ1v) is 5.52. The van der Waals surface area contributed by atoms with E-state index in [0.717, 1.165) is 0 Å². The molecule has 8 heteroatoms. The van der Waals surface area contributed by atoms with Crippen LogP contribution in [0.25, 0.3) is 0 Å². The van der Waals surface area contributed by atoms with Crippen molar-refractivity contribution in [2.45, 2.75) is 0 Å². The average Bonchev–Trinajstić information content (AvgIpc) is 2.72. The van der Waals surface area contributed by atoms with Crippen LogP contribution in [0.1, 0.15) is 10.5 Å². The molecule has 0 unspecified atom stereocenters. The minimum absolute atomic E-state index is 0.0455. The maximum Gasteiger partial charge on any atom is 0.362 e. The van der Waals surface area contributed by atoms with Crippen molar-refractivity contribution in [1.29, 1.82) is 0 Å². The number of hydrogen-bond acceptors (Lipinski definition) is 4. The predicted octanol–water partition coefficient (Wildman–Crippen LogP) is 2.71. The Labute approximate surface area is 109 Å². The van der Waals surface area contributed by atoms with E-state index in [1.807, 2.05) is 0 Å². The summed E-state index contributed by atoms with van der Waals surface area (Å²) >= 11 is 9.10. The van der Waals surface area contributed by atoms with Gasteiger partial charge < -0.3 is 9.84 Å². The molecule has 0 saturated heterocycles. The molecule has 0 amide bonds. The molecule has 0 bridgehead atoms. The van der Waals surface area contributed by atoms with Crippen molar-refractivity contribution in [3.63, 3.8) is 0 Å². The zero-order valence-electron chi connectivity index (χ0n) is 8.15. The molecule has 17 heavy (non-hydrogen) atoms. The molecular weight excluding hydrogens is 313 g/mol. The second-order valence-corrected chi connectivity index (χ2v) is 4.23. The SMILES string of the molecule is O=C(O)c1nn[nH]c1Oc1ccc(Br)c(Cl)c1. The number of rotatable bonds is 3. The minimum Gasteiger partial charge on any atom is -0.476 e. The maximum absolute atomic E-state index is 10.8. The Balaban J connectivity index is 2.28. The number of halogens is 2. The summed E-state index contributed by atoms with van der Waals surface area (Å²) in [7, 11) is 0. The number of H-pyrrole nitrogens is 1. The third-order valence-corrected chi connectivity index (χ3v) is 3.06. The maximum atomic E-state index is 10.8. The Kier molecular flexibility index (Phi) is 3.30. The van der Waals surface area contributed by atoms with Crippen LogP contribution in [0.5, 0.6) is 11.6 Å². The van der Waals surface area contributed by atoms with E-state index < -0.39 is 5.97 Å². The van der Waals surface area contributed by atoms with Gasteiger partial charge in [0.05, 0.1) is 5.02 Å². The molecule has 1 aromatic carbocycles. The van der Waals surface area contributed by atoms with E-state index in [-0.39, 0.29) is 11.6 Å². The zero-order valence-corrected chi connectivity index (χ0v) is 10.5. The zero-order chi connectivity index (χ0) is 12.4. The molecule has 2 rings (SSSR count). The van der Waals surface area contributed by atoms with Crippen molar-refractivity contribution in [2.75, 3.05) is 0 Å². The van der Waals surface area contributed by atoms with E-state index in [0.29, 0.717) is 15.2 Å². The first-order valence-electron chi connectivity index (χ1n) is 4.35. The molecule has 0 atom stereocenters. The standard InChI is InChI=1S/C9H5BrClN3O3/c10-5-2-1-4(3-6(5)11)17-8-7(9(15)16)12-14-13-8/h1-3H,(H,15,16)(H,12,13,14). The lowest BCUT2D eigenvalue weighted by molar-refractivity contribution is 0.0687. The Morgan fingerprint density at radius 2 is 2.29 bits per heavy atom. The molecule has 6 nitrogen and oxygen atoms in total. The summed E-state index contributed by atoms with van der Waals surface area (Å²) in [5.41, 5.74) is -0.288. The highest BCUT2D eigenvalue weighted by atomic mass is 79.9. The number of carbonyl (C=O) groups is 1. The van der Waals surface area contributed by atoms with Crippen LogP contribution in [-0.2, 0) is 0 Å². The molecule has 0 radical (unpaired) electrons. The molecule has 2 N–H and O–H groups in total. The summed E-state index contributed by atoms with van der Waals surface area (Å²) < 4.78 is 6.00. The number of aromatic nitrogens is 3.